The normalized spacial score (nSPS) is 6.57. The van der Waals surface area contributed by atoms with Crippen molar-refractivity contribution in [2.75, 3.05) is 0 Å². The Morgan fingerprint density at radius 1 is 0.786 bits per heavy atom. The zero-order valence-corrected chi connectivity index (χ0v) is 11.4. The third kappa shape index (κ3) is 5.45. The third-order valence-corrected chi connectivity index (χ3v) is 1.55. The summed E-state index contributed by atoms with van der Waals surface area (Å²) in [5.74, 6) is 0. The molecule has 14 heavy (non-hydrogen) atoms. The van der Waals surface area contributed by atoms with Gasteiger partial charge >= 0.3 is 18.6 Å². The van der Waals surface area contributed by atoms with Crippen LogP contribution < -0.4 is 49.6 Å². The molecule has 0 fully saturated rings. The fraction of sp³-hybridized carbons (Fsp3) is 0. The topological polar surface area (TPSA) is 0 Å². The van der Waals surface area contributed by atoms with Gasteiger partial charge in [0.25, 0.3) is 0 Å². The molecule has 0 spiro atoms. The van der Waals surface area contributed by atoms with Crippen LogP contribution in [0.1, 0.15) is 0 Å². The van der Waals surface area contributed by atoms with E-state index in [-0.39, 0.29) is 68.2 Å². The molecule has 1 radical (unpaired) electrons. The molecule has 0 saturated carbocycles. The number of benzene rings is 1. The molecule has 0 unspecified atom stereocenters. The molecule has 0 heterocycles. The maximum atomic E-state index is 2.12. The van der Waals surface area contributed by atoms with Gasteiger partial charge in [-0.25, -0.2) is 0 Å². The number of halogens is 4. The van der Waals surface area contributed by atoms with Crippen molar-refractivity contribution in [2.45, 2.75) is 0 Å². The van der Waals surface area contributed by atoms with Crippen LogP contribution in [0.5, 0.6) is 0 Å². The van der Waals surface area contributed by atoms with Gasteiger partial charge in [0.05, 0.1) is 0 Å². The summed E-state index contributed by atoms with van der Waals surface area (Å²) in [7, 11) is 0. The van der Waals surface area contributed by atoms with Crippen molar-refractivity contribution in [2.24, 2.45) is 0 Å². The van der Waals surface area contributed by atoms with Gasteiger partial charge in [0.1, 0.15) is 0 Å². The van der Waals surface area contributed by atoms with Crippen LogP contribution in [0, 0.1) is 0 Å². The Bertz CT molecular complexity index is 291. The van der Waals surface area contributed by atoms with Crippen LogP contribution in [0.3, 0.4) is 0 Å². The molecule has 2 aromatic carbocycles. The molecule has 0 saturated heterocycles. The first-order valence-corrected chi connectivity index (χ1v) is 3.07. The summed E-state index contributed by atoms with van der Waals surface area (Å²) in [5, 5.41) is 2.66. The first-order chi connectivity index (χ1) is 4.47. The summed E-state index contributed by atoms with van der Waals surface area (Å²) in [5.41, 5.74) is 0. The largest absolute Gasteiger partial charge is 4.00 e. The molecule has 0 amide bonds. The average Bonchev–Trinajstić information content (AvgIpc) is 2.33. The van der Waals surface area contributed by atoms with E-state index in [0.29, 0.717) is 0 Å². The van der Waals surface area contributed by atoms with Crippen molar-refractivity contribution in [3.05, 3.63) is 42.5 Å². The zero-order chi connectivity index (χ0) is 6.10. The predicted molar refractivity (Wildman–Crippen MR) is 39.5 cm³/mol. The first kappa shape index (κ1) is 24.0. The van der Waals surface area contributed by atoms with E-state index in [0.717, 1.165) is 0 Å². The number of hydrogen-bond donors (Lipinski definition) is 0. The molecular weight excluding hydrogens is 301 g/mol. The fourth-order valence-electron chi connectivity index (χ4n) is 1.07. The SMILES string of the molecule is [Cl-].[Cl-].[Cl-].[Cl-].[V+4].c1ccc2[cH-]ccc2c1. The molecule has 0 atom stereocenters. The zero-order valence-electron chi connectivity index (χ0n) is 7.00. The molecule has 0 aliphatic heterocycles. The molecule has 0 nitrogen and oxygen atoms in total. The Hall–Kier alpha value is 0.574. The Balaban J connectivity index is -0.0000001000. The quantitative estimate of drug-likeness (QED) is 0.424. The summed E-state index contributed by atoms with van der Waals surface area (Å²) in [6, 6.07) is 14.7. The Morgan fingerprint density at radius 3 is 1.93 bits per heavy atom. The maximum Gasteiger partial charge on any atom is 4.00 e. The van der Waals surface area contributed by atoms with Crippen LogP contribution in [-0.4, -0.2) is 0 Å². The van der Waals surface area contributed by atoms with E-state index in [2.05, 4.69) is 42.5 Å². The molecule has 2 aromatic rings. The van der Waals surface area contributed by atoms with Gasteiger partial charge in [-0.2, -0.15) is 17.5 Å². The Kier molecular flexibility index (Phi) is 20.0. The van der Waals surface area contributed by atoms with Crippen molar-refractivity contribution in [1.29, 1.82) is 0 Å². The van der Waals surface area contributed by atoms with E-state index >= 15 is 0 Å². The summed E-state index contributed by atoms with van der Waals surface area (Å²) >= 11 is 0. The Morgan fingerprint density at radius 2 is 1.36 bits per heavy atom. The first-order valence-electron chi connectivity index (χ1n) is 3.07. The molecule has 0 N–H and O–H groups in total. The van der Waals surface area contributed by atoms with Crippen LogP contribution in [0.25, 0.3) is 10.8 Å². The van der Waals surface area contributed by atoms with Crippen molar-refractivity contribution < 1.29 is 68.2 Å². The molecule has 0 aliphatic rings. The second-order valence-corrected chi connectivity index (χ2v) is 2.15. The van der Waals surface area contributed by atoms with Gasteiger partial charge in [-0.15, -0.1) is 29.7 Å². The second-order valence-electron chi connectivity index (χ2n) is 2.15. The van der Waals surface area contributed by atoms with E-state index < -0.39 is 0 Å². The van der Waals surface area contributed by atoms with Crippen LogP contribution in [-0.2, 0) is 18.6 Å². The minimum Gasteiger partial charge on any atom is -1.00 e. The van der Waals surface area contributed by atoms with Gasteiger partial charge in [0, 0.05) is 0 Å². The van der Waals surface area contributed by atoms with Crippen LogP contribution in [0.15, 0.2) is 42.5 Å². The number of fused-ring (bicyclic) bond motifs is 1. The van der Waals surface area contributed by atoms with E-state index in [1.54, 1.807) is 0 Å². The van der Waals surface area contributed by atoms with Gasteiger partial charge in [-0.3, -0.25) is 0 Å². The molecule has 0 aliphatic carbocycles. The minimum absolute atomic E-state index is 0. The van der Waals surface area contributed by atoms with Gasteiger partial charge in [-0.05, 0) is 0 Å². The molecule has 77 valence electrons. The molecule has 5 heteroatoms. The van der Waals surface area contributed by atoms with E-state index in [1.807, 2.05) is 0 Å². The minimum atomic E-state index is 0. The maximum absolute atomic E-state index is 2.12. The van der Waals surface area contributed by atoms with Crippen molar-refractivity contribution >= 4 is 10.8 Å². The molecule has 0 bridgehead atoms. The van der Waals surface area contributed by atoms with Crippen molar-refractivity contribution in [3.8, 4) is 0 Å². The second kappa shape index (κ2) is 11.6. The molecule has 0 aromatic heterocycles. The van der Waals surface area contributed by atoms with Crippen LogP contribution >= 0.6 is 0 Å². The van der Waals surface area contributed by atoms with Gasteiger partial charge < -0.3 is 49.6 Å². The van der Waals surface area contributed by atoms with E-state index in [9.17, 15) is 0 Å². The predicted octanol–water partition coefficient (Wildman–Crippen LogP) is -9.43. The van der Waals surface area contributed by atoms with Gasteiger partial charge in [-0.1, -0.05) is 6.07 Å². The third-order valence-electron chi connectivity index (χ3n) is 1.55. The van der Waals surface area contributed by atoms with Crippen molar-refractivity contribution in [3.63, 3.8) is 0 Å². The standard InChI is InChI=1S/C9H7.4ClH.V/c1-2-5-9-7-3-6-8(9)4-1;;;;;/h1-7H;4*1H;/q-1;;;;;+4/p-4. The monoisotopic (exact) mass is 306 g/mol. The van der Waals surface area contributed by atoms with Crippen LogP contribution in [0.2, 0.25) is 0 Å². The van der Waals surface area contributed by atoms with Crippen molar-refractivity contribution in [1.82, 2.24) is 0 Å². The van der Waals surface area contributed by atoms with E-state index in [4.69, 9.17) is 0 Å². The summed E-state index contributed by atoms with van der Waals surface area (Å²) < 4.78 is 0. The smallest absolute Gasteiger partial charge is 1.00 e. The van der Waals surface area contributed by atoms with E-state index in [1.165, 1.54) is 10.8 Å². The van der Waals surface area contributed by atoms with Gasteiger partial charge in [0.2, 0.25) is 0 Å². The average molecular weight is 308 g/mol. The van der Waals surface area contributed by atoms with Gasteiger partial charge in [0.15, 0.2) is 0 Å². The van der Waals surface area contributed by atoms with Crippen LogP contribution in [0.4, 0.5) is 0 Å². The number of hydrogen-bond acceptors (Lipinski definition) is 0. The summed E-state index contributed by atoms with van der Waals surface area (Å²) in [4.78, 5) is 0. The summed E-state index contributed by atoms with van der Waals surface area (Å²) in [6.07, 6.45) is 0. The fourth-order valence-corrected chi connectivity index (χ4v) is 1.07. The number of rotatable bonds is 0. The molecule has 2 rings (SSSR count). The Labute approximate surface area is 121 Å². The summed E-state index contributed by atoms with van der Waals surface area (Å²) in [6.45, 7) is 0. The molecular formula is C9H7Cl4V-.